The molecule has 0 saturated carbocycles. The van der Waals surface area contributed by atoms with Crippen LogP contribution in [0.5, 0.6) is 0 Å². The van der Waals surface area contributed by atoms with Crippen LogP contribution >= 0.6 is 38.5 Å². The van der Waals surface area contributed by atoms with E-state index in [0.717, 1.165) is 17.4 Å². The van der Waals surface area contributed by atoms with E-state index in [2.05, 4.69) is 57.4 Å². The molecule has 0 spiro atoms. The largest absolute Gasteiger partial charge is 0.376 e. The number of benzene rings is 2. The van der Waals surface area contributed by atoms with Crippen LogP contribution in [0, 0.1) is 25.1 Å². The number of fused-ring (bicyclic) bond motifs is 1. The van der Waals surface area contributed by atoms with Gasteiger partial charge >= 0.3 is 0 Å². The topological polar surface area (TPSA) is 88.0 Å². The third kappa shape index (κ3) is 5.71. The second-order valence-corrected chi connectivity index (χ2v) is 8.49. The Bertz CT molecular complexity index is 1210. The summed E-state index contributed by atoms with van der Waals surface area (Å²) in [6, 6.07) is 14.3. The van der Waals surface area contributed by atoms with Crippen molar-refractivity contribution in [1.82, 2.24) is 14.7 Å². The van der Waals surface area contributed by atoms with E-state index in [1.54, 1.807) is 22.9 Å². The summed E-state index contributed by atoms with van der Waals surface area (Å²) in [5.74, 6) is 0. The van der Waals surface area contributed by atoms with Crippen molar-refractivity contribution in [2.75, 3.05) is 18.9 Å². The molecular formula is C22H19BrIN5O2. The smallest absolute Gasteiger partial charge is 0.281 e. The van der Waals surface area contributed by atoms with E-state index >= 15 is 0 Å². The molecule has 1 aliphatic heterocycles. The highest BCUT2D eigenvalue weighted by molar-refractivity contribution is 14.1. The van der Waals surface area contributed by atoms with Gasteiger partial charge in [0.2, 0.25) is 0 Å². The van der Waals surface area contributed by atoms with Gasteiger partial charge in [-0.15, -0.1) is 0 Å². The summed E-state index contributed by atoms with van der Waals surface area (Å²) in [6.45, 7) is 1.51. The molecular weight excluding hydrogens is 573 g/mol. The summed E-state index contributed by atoms with van der Waals surface area (Å²) in [7, 11) is 2.08. The SMILES string of the molecule is CN1C=CC=C(CBr)C1.N#Cc1cccc(Cn2nc(I)c3c([N+](=O)[O-])cccc32)c1. The lowest BCUT2D eigenvalue weighted by atomic mass is 10.1. The van der Waals surface area contributed by atoms with E-state index in [9.17, 15) is 10.1 Å². The van der Waals surface area contributed by atoms with Crippen molar-refractivity contribution in [2.45, 2.75) is 6.54 Å². The molecule has 2 aromatic carbocycles. The minimum absolute atomic E-state index is 0.0546. The summed E-state index contributed by atoms with van der Waals surface area (Å²) in [4.78, 5) is 12.9. The van der Waals surface area contributed by atoms with E-state index in [4.69, 9.17) is 5.26 Å². The van der Waals surface area contributed by atoms with Crippen molar-refractivity contribution < 1.29 is 4.92 Å². The molecule has 0 bridgehead atoms. The Balaban J connectivity index is 0.000000254. The Morgan fingerprint density at radius 3 is 2.74 bits per heavy atom. The normalized spacial score (nSPS) is 12.7. The van der Waals surface area contributed by atoms with Crippen molar-refractivity contribution >= 4 is 55.1 Å². The molecule has 0 N–H and O–H groups in total. The number of halogens is 2. The zero-order chi connectivity index (χ0) is 22.4. The minimum Gasteiger partial charge on any atom is -0.376 e. The molecule has 2 heterocycles. The highest BCUT2D eigenvalue weighted by Gasteiger charge is 2.19. The van der Waals surface area contributed by atoms with Gasteiger partial charge in [0, 0.05) is 25.0 Å². The maximum atomic E-state index is 11.1. The van der Waals surface area contributed by atoms with Gasteiger partial charge in [0.05, 0.1) is 28.6 Å². The van der Waals surface area contributed by atoms with Crippen LogP contribution in [0.2, 0.25) is 0 Å². The third-order valence-electron chi connectivity index (χ3n) is 4.60. The van der Waals surface area contributed by atoms with Gasteiger partial charge in [0.25, 0.3) is 5.69 Å². The van der Waals surface area contributed by atoms with Crippen molar-refractivity contribution in [1.29, 1.82) is 5.26 Å². The number of nitro benzene ring substituents is 1. The van der Waals surface area contributed by atoms with Crippen LogP contribution in [0.3, 0.4) is 0 Å². The number of rotatable bonds is 4. The summed E-state index contributed by atoms with van der Waals surface area (Å²) < 4.78 is 2.32. The van der Waals surface area contributed by atoms with Crippen molar-refractivity contribution in [2.24, 2.45) is 0 Å². The first-order valence-corrected chi connectivity index (χ1v) is 11.5. The highest BCUT2D eigenvalue weighted by Crippen LogP contribution is 2.30. The lowest BCUT2D eigenvalue weighted by molar-refractivity contribution is -0.383. The Kier molecular flexibility index (Phi) is 7.81. The average molecular weight is 592 g/mol. The first-order chi connectivity index (χ1) is 14.9. The van der Waals surface area contributed by atoms with Gasteiger partial charge in [-0.1, -0.05) is 40.2 Å². The van der Waals surface area contributed by atoms with Gasteiger partial charge in [0.15, 0.2) is 0 Å². The van der Waals surface area contributed by atoms with E-state index in [1.807, 2.05) is 40.8 Å². The molecule has 9 heteroatoms. The number of hydrogen-bond donors (Lipinski definition) is 0. The molecule has 1 aliphatic rings. The molecule has 1 aromatic heterocycles. The van der Waals surface area contributed by atoms with Crippen LogP contribution in [-0.2, 0) is 6.54 Å². The fourth-order valence-corrected chi connectivity index (χ4v) is 4.37. The van der Waals surface area contributed by atoms with E-state index in [0.29, 0.717) is 26.7 Å². The molecule has 4 rings (SSSR count). The second-order valence-electron chi connectivity index (χ2n) is 6.90. The van der Waals surface area contributed by atoms with E-state index in [1.165, 1.54) is 11.6 Å². The first-order valence-electron chi connectivity index (χ1n) is 9.34. The second kappa shape index (κ2) is 10.5. The van der Waals surface area contributed by atoms with Crippen molar-refractivity contribution in [3.8, 4) is 6.07 Å². The van der Waals surface area contributed by atoms with Gasteiger partial charge in [-0.05, 0) is 64.2 Å². The fourth-order valence-electron chi connectivity index (χ4n) is 3.19. The standard InChI is InChI=1S/C15H9IN4O2.C7H10BrN/c16-15-14-12(5-2-6-13(14)20(21)22)19(18-15)9-11-4-1-3-10(7-11)8-17;1-9-4-2-3-7(5-8)6-9/h1-7H,9H2;2-4H,5-6H2,1H3. The Hall–Kier alpha value is -2.71. The van der Waals surface area contributed by atoms with E-state index < -0.39 is 4.92 Å². The molecule has 0 atom stereocenters. The number of non-ortho nitro benzene ring substituents is 1. The third-order valence-corrected chi connectivity index (χ3v) is 6.07. The maximum Gasteiger partial charge on any atom is 0.281 e. The Morgan fingerprint density at radius 2 is 2.10 bits per heavy atom. The molecule has 31 heavy (non-hydrogen) atoms. The molecule has 0 aliphatic carbocycles. The summed E-state index contributed by atoms with van der Waals surface area (Å²) in [6.07, 6.45) is 6.29. The predicted octanol–water partition coefficient (Wildman–Crippen LogP) is 5.24. The van der Waals surface area contributed by atoms with Gasteiger partial charge in [-0.2, -0.15) is 10.4 Å². The minimum atomic E-state index is -0.396. The van der Waals surface area contributed by atoms with Gasteiger partial charge in [-0.25, -0.2) is 0 Å². The maximum absolute atomic E-state index is 11.1. The lowest BCUT2D eigenvalue weighted by Crippen LogP contribution is -2.17. The van der Waals surface area contributed by atoms with Gasteiger partial charge in [0.1, 0.15) is 9.09 Å². The molecule has 3 aromatic rings. The van der Waals surface area contributed by atoms with Gasteiger partial charge < -0.3 is 4.90 Å². The molecule has 0 radical (unpaired) electrons. The first kappa shape index (κ1) is 23.0. The van der Waals surface area contributed by atoms with Crippen LogP contribution < -0.4 is 0 Å². The average Bonchev–Trinajstić information content (AvgIpc) is 3.09. The summed E-state index contributed by atoms with van der Waals surface area (Å²) >= 11 is 5.42. The number of allylic oxidation sites excluding steroid dienone is 2. The summed E-state index contributed by atoms with van der Waals surface area (Å²) in [5, 5.41) is 26.0. The number of likely N-dealkylation sites (N-methyl/N-ethyl adjacent to an activating group) is 1. The van der Waals surface area contributed by atoms with Crippen molar-refractivity contribution in [3.05, 3.63) is 91.3 Å². The number of nitro groups is 1. The zero-order valence-electron chi connectivity index (χ0n) is 16.7. The van der Waals surface area contributed by atoms with Crippen LogP contribution in [0.4, 0.5) is 5.69 Å². The van der Waals surface area contributed by atoms with Crippen LogP contribution in [-0.4, -0.2) is 38.5 Å². The quantitative estimate of drug-likeness (QED) is 0.179. The van der Waals surface area contributed by atoms with Crippen molar-refractivity contribution in [3.63, 3.8) is 0 Å². The molecule has 0 unspecified atom stereocenters. The Morgan fingerprint density at radius 1 is 1.32 bits per heavy atom. The van der Waals surface area contributed by atoms with Crippen LogP contribution in [0.15, 0.2) is 66.4 Å². The van der Waals surface area contributed by atoms with Crippen LogP contribution in [0.25, 0.3) is 10.9 Å². The molecule has 0 amide bonds. The number of hydrogen-bond acceptors (Lipinski definition) is 5. The number of alkyl halides is 1. The molecule has 0 fully saturated rings. The number of nitrogens with zero attached hydrogens (tertiary/aromatic N) is 5. The fraction of sp³-hybridized carbons (Fsp3) is 0.182. The summed E-state index contributed by atoms with van der Waals surface area (Å²) in [5.41, 5.74) is 3.70. The lowest BCUT2D eigenvalue weighted by Gasteiger charge is -2.17. The zero-order valence-corrected chi connectivity index (χ0v) is 20.4. The highest BCUT2D eigenvalue weighted by atomic mass is 127. The number of aromatic nitrogens is 2. The number of nitriles is 1. The molecule has 158 valence electrons. The molecule has 0 saturated heterocycles. The Labute approximate surface area is 202 Å². The van der Waals surface area contributed by atoms with Gasteiger partial charge in [-0.3, -0.25) is 14.8 Å². The monoisotopic (exact) mass is 591 g/mol. The van der Waals surface area contributed by atoms with E-state index in [-0.39, 0.29) is 5.69 Å². The van der Waals surface area contributed by atoms with Crippen LogP contribution in [0.1, 0.15) is 11.1 Å². The molecule has 7 nitrogen and oxygen atoms in total. The predicted molar refractivity (Wildman–Crippen MR) is 133 cm³/mol.